The second-order valence-corrected chi connectivity index (χ2v) is 6.77. The highest BCUT2D eigenvalue weighted by Gasteiger charge is 2.60. The topological polar surface area (TPSA) is 88.5 Å². The molecule has 0 heterocycles. The molecule has 1 aliphatic rings. The molecule has 0 spiro atoms. The summed E-state index contributed by atoms with van der Waals surface area (Å²) in [6, 6.07) is 5.95. The fourth-order valence-corrected chi connectivity index (χ4v) is 3.86. The van der Waals surface area contributed by atoms with E-state index in [1.165, 1.54) is 12.1 Å². The van der Waals surface area contributed by atoms with Gasteiger partial charge in [-0.2, -0.15) is 0 Å². The van der Waals surface area contributed by atoms with Crippen LogP contribution >= 0.6 is 0 Å². The molecule has 2 rings (SSSR count). The van der Waals surface area contributed by atoms with E-state index in [2.05, 4.69) is 0 Å². The van der Waals surface area contributed by atoms with Crippen LogP contribution < -0.4 is 0 Å². The fourth-order valence-electron chi connectivity index (χ4n) is 1.98. The van der Waals surface area contributed by atoms with E-state index < -0.39 is 33.4 Å². The van der Waals surface area contributed by atoms with Crippen LogP contribution in [-0.2, 0) is 19.4 Å². The average molecular weight is 268 g/mol. The Morgan fingerprint density at radius 2 is 1.72 bits per heavy atom. The highest BCUT2D eigenvalue weighted by atomic mass is 32.2. The lowest BCUT2D eigenvalue weighted by atomic mass is 9.83. The molecule has 0 aliphatic heterocycles. The molecule has 1 aromatic carbocycles. The van der Waals surface area contributed by atoms with Crippen molar-refractivity contribution in [2.24, 2.45) is 0 Å². The zero-order valence-electron chi connectivity index (χ0n) is 9.71. The molecule has 0 bridgehead atoms. The highest BCUT2D eigenvalue weighted by Crippen LogP contribution is 2.40. The summed E-state index contributed by atoms with van der Waals surface area (Å²) in [6.45, 7) is 1.80. The van der Waals surface area contributed by atoms with Crippen LogP contribution in [-0.4, -0.2) is 30.0 Å². The van der Waals surface area contributed by atoms with Crippen LogP contribution in [0, 0.1) is 6.92 Å². The predicted octanol–water partition coefficient (Wildman–Crippen LogP) is 0.955. The van der Waals surface area contributed by atoms with E-state index >= 15 is 0 Å². The van der Waals surface area contributed by atoms with Gasteiger partial charge in [0.05, 0.1) is 4.90 Å². The minimum Gasteiger partial charge on any atom is -0.480 e. The van der Waals surface area contributed by atoms with E-state index in [0.717, 1.165) is 5.56 Å². The van der Waals surface area contributed by atoms with Crippen molar-refractivity contribution in [3.63, 3.8) is 0 Å². The number of carbonyl (C=O) groups excluding carboxylic acids is 1. The summed E-state index contributed by atoms with van der Waals surface area (Å²) in [7, 11) is -4.03. The first-order chi connectivity index (χ1) is 8.29. The number of rotatable bonds is 3. The Hall–Kier alpha value is -1.69. The lowest BCUT2D eigenvalue weighted by molar-refractivity contribution is -0.147. The Bertz CT molecular complexity index is 604. The number of carboxylic acids is 1. The average Bonchev–Trinajstić information content (AvgIpc) is 2.24. The van der Waals surface area contributed by atoms with Gasteiger partial charge in [0.2, 0.25) is 0 Å². The van der Waals surface area contributed by atoms with Gasteiger partial charge in [-0.05, 0) is 19.1 Å². The van der Waals surface area contributed by atoms with Crippen molar-refractivity contribution in [3.8, 4) is 0 Å². The number of hydrogen-bond donors (Lipinski definition) is 1. The van der Waals surface area contributed by atoms with Gasteiger partial charge in [0.1, 0.15) is 5.78 Å². The van der Waals surface area contributed by atoms with Gasteiger partial charge in [-0.1, -0.05) is 17.7 Å². The number of hydrogen-bond acceptors (Lipinski definition) is 4. The highest BCUT2D eigenvalue weighted by molar-refractivity contribution is 7.93. The van der Waals surface area contributed by atoms with Crippen molar-refractivity contribution < 1.29 is 23.1 Å². The zero-order valence-corrected chi connectivity index (χ0v) is 10.5. The summed E-state index contributed by atoms with van der Waals surface area (Å²) in [5.41, 5.74) is 0.878. The van der Waals surface area contributed by atoms with Crippen molar-refractivity contribution >= 4 is 21.6 Å². The van der Waals surface area contributed by atoms with Crippen LogP contribution in [0.25, 0.3) is 0 Å². The van der Waals surface area contributed by atoms with Crippen LogP contribution in [0.15, 0.2) is 29.2 Å². The van der Waals surface area contributed by atoms with Gasteiger partial charge in [0.25, 0.3) is 0 Å². The molecule has 0 radical (unpaired) electrons. The third kappa shape index (κ3) is 1.64. The molecule has 18 heavy (non-hydrogen) atoms. The van der Waals surface area contributed by atoms with Crippen molar-refractivity contribution in [1.82, 2.24) is 0 Å². The van der Waals surface area contributed by atoms with E-state index in [4.69, 9.17) is 5.11 Å². The fraction of sp³-hybridized carbons (Fsp3) is 0.333. The van der Waals surface area contributed by atoms with E-state index in [1.54, 1.807) is 19.1 Å². The first-order valence-corrected chi connectivity index (χ1v) is 6.84. The molecule has 1 aliphatic carbocycles. The smallest absolute Gasteiger partial charge is 0.326 e. The molecule has 0 saturated heterocycles. The Labute approximate surface area is 104 Å². The van der Waals surface area contributed by atoms with Gasteiger partial charge in [-0.3, -0.25) is 9.59 Å². The molecule has 6 heteroatoms. The molecule has 1 aromatic rings. The summed E-state index contributed by atoms with van der Waals surface area (Å²) < 4.78 is 22.6. The molecule has 0 unspecified atom stereocenters. The third-order valence-corrected chi connectivity index (χ3v) is 5.59. The van der Waals surface area contributed by atoms with Gasteiger partial charge in [0.15, 0.2) is 14.6 Å². The van der Waals surface area contributed by atoms with Gasteiger partial charge in [-0.15, -0.1) is 0 Å². The summed E-state index contributed by atoms with van der Waals surface area (Å²) in [5.74, 6) is -1.80. The maximum atomic E-state index is 12.3. The zero-order chi connectivity index (χ0) is 13.6. The number of carbonyl (C=O) groups is 2. The number of carboxylic acid groups (broad SMARTS) is 1. The Morgan fingerprint density at radius 1 is 1.22 bits per heavy atom. The quantitative estimate of drug-likeness (QED) is 0.881. The monoisotopic (exact) mass is 268 g/mol. The van der Waals surface area contributed by atoms with Gasteiger partial charge in [0, 0.05) is 12.8 Å². The predicted molar refractivity (Wildman–Crippen MR) is 63.0 cm³/mol. The number of aliphatic carboxylic acids is 1. The molecule has 5 nitrogen and oxygen atoms in total. The Balaban J connectivity index is 2.51. The number of Topliss-reactive ketones (excluding diaryl/α,β-unsaturated/α-hetero) is 1. The molecule has 0 aromatic heterocycles. The van der Waals surface area contributed by atoms with Crippen molar-refractivity contribution in [3.05, 3.63) is 29.8 Å². The van der Waals surface area contributed by atoms with Crippen LogP contribution in [0.5, 0.6) is 0 Å². The van der Waals surface area contributed by atoms with Gasteiger partial charge >= 0.3 is 5.97 Å². The van der Waals surface area contributed by atoms with Gasteiger partial charge < -0.3 is 5.11 Å². The lowest BCUT2D eigenvalue weighted by Gasteiger charge is -2.35. The van der Waals surface area contributed by atoms with Crippen molar-refractivity contribution in [1.29, 1.82) is 0 Å². The minimum atomic E-state index is -4.03. The van der Waals surface area contributed by atoms with Gasteiger partial charge in [-0.25, -0.2) is 8.42 Å². The summed E-state index contributed by atoms with van der Waals surface area (Å²) in [5, 5.41) is 9.12. The SMILES string of the molecule is Cc1ccc(S(=O)(=O)C2(C(=O)O)CC(=O)C2)cc1. The number of benzene rings is 1. The van der Waals surface area contributed by atoms with E-state index in [-0.39, 0.29) is 10.7 Å². The molecule has 1 N–H and O–H groups in total. The number of sulfone groups is 1. The molecule has 96 valence electrons. The van der Waals surface area contributed by atoms with Crippen LogP contribution in [0.2, 0.25) is 0 Å². The standard InChI is InChI=1S/C12H12O5S/c1-8-2-4-10(5-3-8)18(16,17)12(11(14)15)6-9(13)7-12/h2-5H,6-7H2,1H3,(H,14,15). The molecule has 1 saturated carbocycles. The summed E-state index contributed by atoms with van der Waals surface area (Å²) in [6.07, 6.45) is -0.892. The van der Waals surface area contributed by atoms with Crippen LogP contribution in [0.1, 0.15) is 18.4 Å². The Kier molecular flexibility index (Phi) is 2.77. The lowest BCUT2D eigenvalue weighted by Crippen LogP contribution is -2.56. The first kappa shape index (κ1) is 12.8. The normalized spacial score (nSPS) is 18.2. The third-order valence-electron chi connectivity index (χ3n) is 3.20. The maximum Gasteiger partial charge on any atom is 0.326 e. The Morgan fingerprint density at radius 3 is 2.11 bits per heavy atom. The van der Waals surface area contributed by atoms with Crippen molar-refractivity contribution in [2.75, 3.05) is 0 Å². The van der Waals surface area contributed by atoms with Crippen molar-refractivity contribution in [2.45, 2.75) is 29.4 Å². The largest absolute Gasteiger partial charge is 0.480 e. The first-order valence-electron chi connectivity index (χ1n) is 5.36. The summed E-state index contributed by atoms with van der Waals surface area (Å²) >= 11 is 0. The molecule has 0 atom stereocenters. The maximum absolute atomic E-state index is 12.3. The second-order valence-electron chi connectivity index (χ2n) is 4.51. The molecular weight excluding hydrogens is 256 g/mol. The molecular formula is C12H12O5S. The second kappa shape index (κ2) is 3.91. The van der Waals surface area contributed by atoms with E-state index in [9.17, 15) is 18.0 Å². The van der Waals surface area contributed by atoms with E-state index in [1.807, 2.05) is 0 Å². The molecule has 1 fully saturated rings. The van der Waals surface area contributed by atoms with E-state index in [0.29, 0.717) is 0 Å². The summed E-state index contributed by atoms with van der Waals surface area (Å²) in [4.78, 5) is 22.2. The number of ketones is 1. The molecule has 0 amide bonds. The van der Waals surface area contributed by atoms with Crippen LogP contribution in [0.4, 0.5) is 0 Å². The van der Waals surface area contributed by atoms with Crippen LogP contribution in [0.3, 0.4) is 0 Å². The number of aryl methyl sites for hydroxylation is 1. The minimum absolute atomic E-state index is 0.0528.